The molecule has 1 aliphatic rings. The Labute approximate surface area is 101 Å². The van der Waals surface area contributed by atoms with Crippen molar-refractivity contribution in [2.45, 2.75) is 39.3 Å². The highest BCUT2D eigenvalue weighted by Crippen LogP contribution is 2.37. The van der Waals surface area contributed by atoms with Crippen LogP contribution in [-0.2, 0) is 4.74 Å². The van der Waals surface area contributed by atoms with Gasteiger partial charge in [-0.15, -0.1) is 0 Å². The Morgan fingerprint density at radius 1 is 1.47 bits per heavy atom. The minimum Gasteiger partial charge on any atom is -0.465 e. The summed E-state index contributed by atoms with van der Waals surface area (Å²) in [4.78, 5) is 11.5. The van der Waals surface area contributed by atoms with E-state index in [0.717, 1.165) is 12.2 Å². The molecule has 0 aliphatic carbocycles. The molecule has 1 N–H and O–H groups in total. The van der Waals surface area contributed by atoms with Gasteiger partial charge in [-0.05, 0) is 24.5 Å². The summed E-state index contributed by atoms with van der Waals surface area (Å²) in [5.41, 5.74) is 0. The van der Waals surface area contributed by atoms with Crippen LogP contribution in [0, 0.1) is 11.8 Å². The molecule has 1 aromatic heterocycles. The molecule has 0 saturated carbocycles. The Morgan fingerprint density at radius 3 is 2.76 bits per heavy atom. The van der Waals surface area contributed by atoms with E-state index in [2.05, 4.69) is 26.1 Å². The van der Waals surface area contributed by atoms with Gasteiger partial charge in [0.1, 0.15) is 5.76 Å². The Bertz CT molecular complexity index is 372. The number of hydrogen-bond donors (Lipinski definition) is 1. The minimum atomic E-state index is -0.352. The highest BCUT2D eigenvalue weighted by atomic mass is 16.6. The lowest BCUT2D eigenvalue weighted by atomic mass is 9.80. The van der Waals surface area contributed by atoms with Crippen LogP contribution in [0.15, 0.2) is 22.8 Å². The van der Waals surface area contributed by atoms with Gasteiger partial charge in [-0.3, -0.25) is 0 Å². The van der Waals surface area contributed by atoms with E-state index in [1.54, 1.807) is 6.26 Å². The number of hydrogen-bond acceptors (Lipinski definition) is 3. The summed E-state index contributed by atoms with van der Waals surface area (Å²) in [6, 6.07) is 3.83. The fourth-order valence-corrected chi connectivity index (χ4v) is 2.58. The third-order valence-electron chi connectivity index (χ3n) is 3.38. The number of alkyl carbamates (subject to hydrolysis) is 1. The van der Waals surface area contributed by atoms with Crippen molar-refractivity contribution in [3.8, 4) is 0 Å². The first-order chi connectivity index (χ1) is 8.13. The molecule has 3 atom stereocenters. The van der Waals surface area contributed by atoms with Gasteiger partial charge >= 0.3 is 6.09 Å². The summed E-state index contributed by atoms with van der Waals surface area (Å²) in [6.45, 7) is 6.36. The average molecular weight is 237 g/mol. The number of nitrogens with one attached hydrogen (secondary N) is 1. The molecule has 17 heavy (non-hydrogen) atoms. The van der Waals surface area contributed by atoms with Crippen molar-refractivity contribution in [3.63, 3.8) is 0 Å². The molecule has 2 rings (SSSR count). The fourth-order valence-electron chi connectivity index (χ4n) is 2.58. The quantitative estimate of drug-likeness (QED) is 0.878. The zero-order chi connectivity index (χ0) is 12.4. The minimum absolute atomic E-state index is 0.145. The second-order valence-electron chi connectivity index (χ2n) is 4.82. The molecule has 1 fully saturated rings. The van der Waals surface area contributed by atoms with Crippen molar-refractivity contribution in [3.05, 3.63) is 24.2 Å². The first-order valence-corrected chi connectivity index (χ1v) is 6.14. The smallest absolute Gasteiger partial charge is 0.408 e. The highest BCUT2D eigenvalue weighted by molar-refractivity contribution is 5.69. The van der Waals surface area contributed by atoms with Crippen LogP contribution >= 0.6 is 0 Å². The third-order valence-corrected chi connectivity index (χ3v) is 3.38. The van der Waals surface area contributed by atoms with Gasteiger partial charge in [0.2, 0.25) is 0 Å². The number of carbonyl (C=O) groups is 1. The van der Waals surface area contributed by atoms with Gasteiger partial charge in [-0.25, -0.2) is 4.79 Å². The monoisotopic (exact) mass is 237 g/mol. The number of amides is 1. The van der Waals surface area contributed by atoms with Crippen molar-refractivity contribution in [1.82, 2.24) is 5.32 Å². The van der Waals surface area contributed by atoms with Gasteiger partial charge in [-0.1, -0.05) is 20.8 Å². The summed E-state index contributed by atoms with van der Waals surface area (Å²) in [7, 11) is 0. The molecule has 4 heteroatoms. The van der Waals surface area contributed by atoms with Gasteiger partial charge in [0.25, 0.3) is 0 Å². The molecule has 1 aromatic rings. The first-order valence-electron chi connectivity index (χ1n) is 6.14. The van der Waals surface area contributed by atoms with Gasteiger partial charge in [-0.2, -0.15) is 0 Å². The van der Waals surface area contributed by atoms with E-state index in [1.165, 1.54) is 0 Å². The number of cyclic esters (lactones) is 1. The average Bonchev–Trinajstić information content (AvgIpc) is 2.80. The Balaban J connectivity index is 2.29. The van der Waals surface area contributed by atoms with E-state index < -0.39 is 0 Å². The molecule has 4 nitrogen and oxygen atoms in total. The molecule has 0 bridgehead atoms. The zero-order valence-corrected chi connectivity index (χ0v) is 10.5. The molecule has 2 heterocycles. The van der Waals surface area contributed by atoms with Gasteiger partial charge < -0.3 is 14.5 Å². The van der Waals surface area contributed by atoms with Gasteiger partial charge in [0.05, 0.1) is 6.26 Å². The van der Waals surface area contributed by atoms with Crippen molar-refractivity contribution in [2.24, 2.45) is 11.8 Å². The summed E-state index contributed by atoms with van der Waals surface area (Å²) in [5.74, 6) is 1.39. The lowest BCUT2D eigenvalue weighted by molar-refractivity contribution is -0.0158. The first kappa shape index (κ1) is 12.0. The van der Waals surface area contributed by atoms with E-state index >= 15 is 0 Å². The van der Waals surface area contributed by atoms with Crippen molar-refractivity contribution in [1.29, 1.82) is 0 Å². The third kappa shape index (κ3) is 2.30. The highest BCUT2D eigenvalue weighted by Gasteiger charge is 2.41. The topological polar surface area (TPSA) is 51.5 Å². The van der Waals surface area contributed by atoms with E-state index in [9.17, 15) is 4.79 Å². The van der Waals surface area contributed by atoms with Crippen LogP contribution in [0.1, 0.15) is 39.1 Å². The van der Waals surface area contributed by atoms with Crippen LogP contribution < -0.4 is 5.32 Å². The predicted molar refractivity (Wildman–Crippen MR) is 63.5 cm³/mol. The van der Waals surface area contributed by atoms with Crippen molar-refractivity contribution < 1.29 is 13.9 Å². The Morgan fingerprint density at radius 2 is 2.24 bits per heavy atom. The van der Waals surface area contributed by atoms with Crippen LogP contribution in [0.3, 0.4) is 0 Å². The number of carbonyl (C=O) groups excluding carboxylic acids is 1. The SMILES string of the molecule is CC[C@H]1NC(=O)O[C@@H](c2ccco2)[C@@H]1C(C)C. The van der Waals surface area contributed by atoms with Gasteiger partial charge in [0.15, 0.2) is 6.10 Å². The summed E-state index contributed by atoms with van der Waals surface area (Å²) in [6.07, 6.45) is 1.89. The standard InChI is InChI=1S/C13H19NO3/c1-4-9-11(8(2)3)12(17-13(15)14-9)10-6-5-7-16-10/h5-9,11-12H,4H2,1-3H3,(H,14,15)/t9-,11-,12+/m1/s1. The summed E-state index contributed by atoms with van der Waals surface area (Å²) < 4.78 is 10.8. The molecule has 0 radical (unpaired) electrons. The summed E-state index contributed by atoms with van der Waals surface area (Å²) in [5, 5.41) is 2.89. The molecule has 0 spiro atoms. The van der Waals surface area contributed by atoms with E-state index in [4.69, 9.17) is 9.15 Å². The molecule has 1 saturated heterocycles. The maximum atomic E-state index is 11.5. The Hall–Kier alpha value is -1.45. The molecule has 0 aromatic carbocycles. The van der Waals surface area contributed by atoms with E-state index in [0.29, 0.717) is 5.92 Å². The molecular weight excluding hydrogens is 218 g/mol. The summed E-state index contributed by atoms with van der Waals surface area (Å²) >= 11 is 0. The lowest BCUT2D eigenvalue weighted by Gasteiger charge is -2.39. The van der Waals surface area contributed by atoms with Crippen molar-refractivity contribution >= 4 is 6.09 Å². The van der Waals surface area contributed by atoms with Crippen LogP contribution in [0.2, 0.25) is 0 Å². The van der Waals surface area contributed by atoms with Gasteiger partial charge in [0, 0.05) is 12.0 Å². The predicted octanol–water partition coefficient (Wildman–Crippen LogP) is 3.11. The van der Waals surface area contributed by atoms with Crippen LogP contribution in [-0.4, -0.2) is 12.1 Å². The number of ether oxygens (including phenoxy) is 1. The Kier molecular flexibility index (Phi) is 3.41. The fraction of sp³-hybridized carbons (Fsp3) is 0.615. The normalized spacial score (nSPS) is 28.9. The molecular formula is C13H19NO3. The van der Waals surface area contributed by atoms with E-state index in [-0.39, 0.29) is 24.2 Å². The van der Waals surface area contributed by atoms with Crippen molar-refractivity contribution in [2.75, 3.05) is 0 Å². The largest absolute Gasteiger partial charge is 0.465 e. The zero-order valence-electron chi connectivity index (χ0n) is 10.5. The number of rotatable bonds is 3. The van der Waals surface area contributed by atoms with Crippen LogP contribution in [0.5, 0.6) is 0 Å². The van der Waals surface area contributed by atoms with E-state index in [1.807, 2.05) is 12.1 Å². The lowest BCUT2D eigenvalue weighted by Crippen LogP contribution is -2.50. The number of furan rings is 1. The molecule has 1 aliphatic heterocycles. The maximum absolute atomic E-state index is 11.5. The maximum Gasteiger partial charge on any atom is 0.408 e. The second kappa shape index (κ2) is 4.82. The second-order valence-corrected chi connectivity index (χ2v) is 4.82. The van der Waals surface area contributed by atoms with Crippen LogP contribution in [0.25, 0.3) is 0 Å². The molecule has 1 amide bonds. The molecule has 0 unspecified atom stereocenters. The van der Waals surface area contributed by atoms with Crippen LogP contribution in [0.4, 0.5) is 4.79 Å². The molecule has 94 valence electrons.